The highest BCUT2D eigenvalue weighted by Gasteiger charge is 2.62. The van der Waals surface area contributed by atoms with E-state index in [2.05, 4.69) is 25.3 Å². The van der Waals surface area contributed by atoms with Gasteiger partial charge in [-0.25, -0.2) is 18.4 Å². The highest BCUT2D eigenvalue weighted by atomic mass is 32.2. The van der Waals surface area contributed by atoms with E-state index >= 15 is 0 Å². The maximum atomic E-state index is 14.6. The molecule has 8 rings (SSSR count). The van der Waals surface area contributed by atoms with Crippen LogP contribution in [0.15, 0.2) is 79.3 Å². The number of nitrogens with one attached hydrogen (secondary N) is 3. The zero-order chi connectivity index (χ0) is 37.5. The summed E-state index contributed by atoms with van der Waals surface area (Å²) in [5, 5.41) is 7.76. The van der Waals surface area contributed by atoms with Crippen molar-refractivity contribution in [1.82, 2.24) is 35.2 Å². The van der Waals surface area contributed by atoms with Gasteiger partial charge in [-0.05, 0) is 56.0 Å². The van der Waals surface area contributed by atoms with E-state index in [-0.39, 0.29) is 25.1 Å². The summed E-state index contributed by atoms with van der Waals surface area (Å²) in [6.45, 7) is -0.00411. The van der Waals surface area contributed by atoms with Crippen LogP contribution in [0.2, 0.25) is 0 Å². The van der Waals surface area contributed by atoms with Crippen LogP contribution in [-0.4, -0.2) is 87.4 Å². The van der Waals surface area contributed by atoms with Crippen molar-refractivity contribution in [3.63, 3.8) is 0 Å². The van der Waals surface area contributed by atoms with Crippen LogP contribution < -0.4 is 20.1 Å². The summed E-state index contributed by atoms with van der Waals surface area (Å²) < 4.78 is 34.5. The lowest BCUT2D eigenvalue weighted by Crippen LogP contribution is -2.58. The number of aromatic nitrogens is 3. The minimum absolute atomic E-state index is 0.00411. The molecular formula is C39H41N7O7S. The molecule has 4 aliphatic rings. The van der Waals surface area contributed by atoms with E-state index in [4.69, 9.17) is 9.72 Å². The number of allylic oxidation sites excluding steroid dienone is 1. The summed E-state index contributed by atoms with van der Waals surface area (Å²) >= 11 is 0. The lowest BCUT2D eigenvalue weighted by Gasteiger charge is -2.29. The normalized spacial score (nSPS) is 26.8. The fourth-order valence-corrected chi connectivity index (χ4v) is 8.98. The zero-order valence-corrected chi connectivity index (χ0v) is 30.3. The summed E-state index contributed by atoms with van der Waals surface area (Å²) in [7, 11) is -3.89. The number of hydrogen-bond donors (Lipinski definition) is 3. The van der Waals surface area contributed by atoms with Crippen LogP contribution in [0.1, 0.15) is 68.3 Å². The molecule has 1 saturated heterocycles. The summed E-state index contributed by atoms with van der Waals surface area (Å²) in [5.41, 5.74) is -0.730. The number of nitrogens with zero attached hydrogens (tertiary/aromatic N) is 4. The Morgan fingerprint density at radius 1 is 0.944 bits per heavy atom. The maximum absolute atomic E-state index is 14.6. The molecule has 0 radical (unpaired) electrons. The Bertz CT molecular complexity index is 2270. The highest BCUT2D eigenvalue weighted by Crippen LogP contribution is 2.46. The molecule has 0 bridgehead atoms. The molecule has 3 N–H and O–H groups in total. The van der Waals surface area contributed by atoms with Crippen LogP contribution in [-0.2, 0) is 24.4 Å². The van der Waals surface area contributed by atoms with Gasteiger partial charge in [0.1, 0.15) is 29.4 Å². The fourth-order valence-electron chi connectivity index (χ4n) is 7.62. The molecule has 54 heavy (non-hydrogen) atoms. The number of amides is 4. The number of para-hydroxylation sites is 1. The molecule has 2 aliphatic carbocycles. The molecular weight excluding hydrogens is 711 g/mol. The molecule has 3 fully saturated rings. The molecule has 2 aliphatic heterocycles. The van der Waals surface area contributed by atoms with Gasteiger partial charge in [0.2, 0.25) is 27.7 Å². The number of carbonyl (C=O) groups excluding carboxylic acids is 4. The molecule has 1 unspecified atom stereocenters. The maximum Gasteiger partial charge on any atom is 0.272 e. The van der Waals surface area contributed by atoms with Crippen molar-refractivity contribution in [3.05, 3.63) is 85.0 Å². The Kier molecular flexibility index (Phi) is 9.50. The molecule has 2 aromatic carbocycles. The van der Waals surface area contributed by atoms with Crippen LogP contribution in [0.4, 0.5) is 0 Å². The number of benzene rings is 2. The molecule has 4 amide bonds. The third-order valence-corrected chi connectivity index (χ3v) is 12.6. The SMILES string of the molecule is O=C(N[C@H]1CCCCC/C=C\C2C[C@@]2(C(=O)NS(=O)(=O)C2CC2)NC(=O)[C@@H]2C[C@@H](Oc3nc4ccccc4c4ccccc34)CN2C1=O)c1cnccn1. The minimum atomic E-state index is -3.89. The van der Waals surface area contributed by atoms with Gasteiger partial charge in [0.25, 0.3) is 11.8 Å². The summed E-state index contributed by atoms with van der Waals surface area (Å²) in [6.07, 6.45) is 11.7. The van der Waals surface area contributed by atoms with Gasteiger partial charge < -0.3 is 20.3 Å². The van der Waals surface area contributed by atoms with Gasteiger partial charge in [0.15, 0.2) is 0 Å². The lowest BCUT2D eigenvalue weighted by molar-refractivity contribution is -0.141. The van der Waals surface area contributed by atoms with E-state index in [1.54, 1.807) is 0 Å². The van der Waals surface area contributed by atoms with Gasteiger partial charge >= 0.3 is 0 Å². The van der Waals surface area contributed by atoms with Crippen molar-refractivity contribution in [3.8, 4) is 5.88 Å². The Hall–Kier alpha value is -5.44. The second kappa shape index (κ2) is 14.4. The first-order chi connectivity index (χ1) is 26.1. The first-order valence-corrected chi connectivity index (χ1v) is 20.0. The molecule has 4 aromatic rings. The predicted octanol–water partition coefficient (Wildman–Crippen LogP) is 3.33. The van der Waals surface area contributed by atoms with E-state index in [0.717, 1.165) is 34.5 Å². The molecule has 14 nitrogen and oxygen atoms in total. The van der Waals surface area contributed by atoms with Gasteiger partial charge in [-0.15, -0.1) is 0 Å². The van der Waals surface area contributed by atoms with Gasteiger partial charge in [-0.1, -0.05) is 61.4 Å². The molecule has 5 atom stereocenters. The molecule has 280 valence electrons. The molecule has 15 heteroatoms. The minimum Gasteiger partial charge on any atom is -0.472 e. The Labute approximate surface area is 312 Å². The Morgan fingerprint density at radius 3 is 2.50 bits per heavy atom. The van der Waals surface area contributed by atoms with E-state index in [1.807, 2.05) is 60.7 Å². The van der Waals surface area contributed by atoms with Crippen molar-refractivity contribution in [2.24, 2.45) is 5.92 Å². The van der Waals surface area contributed by atoms with Crippen LogP contribution in [0.3, 0.4) is 0 Å². The first kappa shape index (κ1) is 35.6. The van der Waals surface area contributed by atoms with Crippen molar-refractivity contribution >= 4 is 55.3 Å². The summed E-state index contributed by atoms with van der Waals surface area (Å²) in [5.74, 6) is -2.53. The molecule has 2 saturated carbocycles. The Morgan fingerprint density at radius 2 is 1.72 bits per heavy atom. The van der Waals surface area contributed by atoms with E-state index in [0.29, 0.717) is 38.0 Å². The van der Waals surface area contributed by atoms with Crippen molar-refractivity contribution in [1.29, 1.82) is 0 Å². The van der Waals surface area contributed by atoms with E-state index in [1.165, 1.54) is 23.5 Å². The molecule has 4 heterocycles. The number of hydrogen-bond acceptors (Lipinski definition) is 10. The number of sulfonamides is 1. The smallest absolute Gasteiger partial charge is 0.272 e. The van der Waals surface area contributed by atoms with Gasteiger partial charge in [0, 0.05) is 35.5 Å². The second-order valence-electron chi connectivity index (χ2n) is 14.6. The van der Waals surface area contributed by atoms with E-state index in [9.17, 15) is 27.6 Å². The fraction of sp³-hybridized carbons (Fsp3) is 0.410. The standard InChI is InChI=1S/C39H41N7O7S/c47-34(32-22-40-18-19-41-32)42-31-15-5-3-1-2-4-10-24-21-39(24,38(50)45-54(51,52)26-16-17-26)44-35(48)33-20-25(23-46(33)37(31)49)53-36-29-13-7-6-11-27(29)28-12-8-9-14-30(28)43-36/h4,6-14,18-19,22,24-26,31,33H,1-3,5,15-17,20-21,23H2,(H,42,47)(H,44,48)(H,45,50)/b10-4-/t24?,25-,31+,33+,39-/m1/s1. The molecule has 2 aromatic heterocycles. The predicted molar refractivity (Wildman–Crippen MR) is 198 cm³/mol. The van der Waals surface area contributed by atoms with Crippen molar-refractivity contribution < 1.29 is 32.3 Å². The summed E-state index contributed by atoms with van der Waals surface area (Å²) in [4.78, 5) is 70.4. The lowest BCUT2D eigenvalue weighted by atomic mass is 10.0. The van der Waals surface area contributed by atoms with Crippen LogP contribution >= 0.6 is 0 Å². The van der Waals surface area contributed by atoms with Crippen molar-refractivity contribution in [2.75, 3.05) is 6.54 Å². The molecule has 0 spiro atoms. The number of fused-ring (bicyclic) bond motifs is 5. The average molecular weight is 752 g/mol. The Balaban J connectivity index is 1.12. The number of pyridine rings is 1. The number of rotatable bonds is 7. The average Bonchev–Trinajstić information content (AvgIpc) is 4.11. The highest BCUT2D eigenvalue weighted by molar-refractivity contribution is 7.91. The van der Waals surface area contributed by atoms with Gasteiger partial charge in [-0.2, -0.15) is 0 Å². The first-order valence-electron chi connectivity index (χ1n) is 18.5. The van der Waals surface area contributed by atoms with Crippen LogP contribution in [0, 0.1) is 5.92 Å². The largest absolute Gasteiger partial charge is 0.472 e. The van der Waals surface area contributed by atoms with Crippen LogP contribution in [0.5, 0.6) is 5.88 Å². The van der Waals surface area contributed by atoms with E-state index < -0.39 is 68.5 Å². The number of ether oxygens (including phenoxy) is 1. The third-order valence-electron chi connectivity index (χ3n) is 10.8. The number of carbonyl (C=O) groups is 4. The monoisotopic (exact) mass is 751 g/mol. The quantitative estimate of drug-likeness (QED) is 0.187. The summed E-state index contributed by atoms with van der Waals surface area (Å²) in [6, 6.07) is 13.3. The van der Waals surface area contributed by atoms with Gasteiger partial charge in [0.05, 0.1) is 23.5 Å². The zero-order valence-electron chi connectivity index (χ0n) is 29.5. The van der Waals surface area contributed by atoms with Crippen molar-refractivity contribution in [2.45, 2.75) is 86.8 Å². The third kappa shape index (κ3) is 7.11. The van der Waals surface area contributed by atoms with Gasteiger partial charge in [-0.3, -0.25) is 28.9 Å². The second-order valence-corrected chi connectivity index (χ2v) is 16.6. The topological polar surface area (TPSA) is 190 Å². The van der Waals surface area contributed by atoms with Crippen LogP contribution in [0.25, 0.3) is 21.7 Å².